The summed E-state index contributed by atoms with van der Waals surface area (Å²) in [7, 11) is 0. The van der Waals surface area contributed by atoms with Gasteiger partial charge in [-0.2, -0.15) is 13.2 Å². The molecule has 21 heavy (non-hydrogen) atoms. The molecule has 0 spiro atoms. The van der Waals surface area contributed by atoms with Gasteiger partial charge in [-0.15, -0.1) is 0 Å². The predicted molar refractivity (Wildman–Crippen MR) is 76.3 cm³/mol. The fourth-order valence-electron chi connectivity index (χ4n) is 2.08. The molecule has 0 saturated carbocycles. The van der Waals surface area contributed by atoms with Gasteiger partial charge in [0.2, 0.25) is 0 Å². The van der Waals surface area contributed by atoms with E-state index in [1.54, 1.807) is 13.0 Å². The highest BCUT2D eigenvalue weighted by Gasteiger charge is 2.33. The molecule has 0 bridgehead atoms. The molecule has 1 unspecified atom stereocenters. The summed E-state index contributed by atoms with van der Waals surface area (Å²) in [6.45, 7) is 1.73. The minimum Gasteiger partial charge on any atom is -0.320 e. The van der Waals surface area contributed by atoms with Crippen molar-refractivity contribution >= 4 is 15.9 Å². The van der Waals surface area contributed by atoms with E-state index in [9.17, 15) is 17.6 Å². The number of aryl methyl sites for hydroxylation is 1. The molecule has 0 aliphatic carbocycles. The van der Waals surface area contributed by atoms with Crippen LogP contribution < -0.4 is 5.73 Å². The van der Waals surface area contributed by atoms with Crippen molar-refractivity contribution in [1.29, 1.82) is 0 Å². The molecule has 0 fully saturated rings. The molecule has 0 aliphatic rings. The average Bonchev–Trinajstić information content (AvgIpc) is 2.40. The molecule has 6 heteroatoms. The molecule has 0 radical (unpaired) electrons. The molecule has 2 rings (SSSR count). The minimum atomic E-state index is -4.48. The summed E-state index contributed by atoms with van der Waals surface area (Å²) < 4.78 is 52.0. The van der Waals surface area contributed by atoms with Gasteiger partial charge >= 0.3 is 6.18 Å². The summed E-state index contributed by atoms with van der Waals surface area (Å²) in [4.78, 5) is 0. The summed E-state index contributed by atoms with van der Waals surface area (Å²) in [5.41, 5.74) is 6.66. The summed E-state index contributed by atoms with van der Waals surface area (Å²) in [6, 6.07) is 7.03. The van der Waals surface area contributed by atoms with Crippen LogP contribution in [0.15, 0.2) is 40.9 Å². The third-order valence-corrected chi connectivity index (χ3v) is 3.92. The summed E-state index contributed by atoms with van der Waals surface area (Å²) in [5.74, 6) is -0.473. The molecule has 0 heterocycles. The maximum Gasteiger partial charge on any atom is 0.417 e. The molecule has 2 aromatic carbocycles. The van der Waals surface area contributed by atoms with Crippen molar-refractivity contribution in [2.75, 3.05) is 0 Å². The molecular weight excluding hydrogens is 350 g/mol. The Bertz CT molecular complexity index is 667. The number of hydrogen-bond acceptors (Lipinski definition) is 1. The summed E-state index contributed by atoms with van der Waals surface area (Å²) in [6.07, 6.45) is -4.48. The number of benzene rings is 2. The molecule has 0 aromatic heterocycles. The van der Waals surface area contributed by atoms with E-state index in [2.05, 4.69) is 15.9 Å². The van der Waals surface area contributed by atoms with E-state index in [0.717, 1.165) is 11.6 Å². The Morgan fingerprint density at radius 1 is 1.10 bits per heavy atom. The van der Waals surface area contributed by atoms with Crippen LogP contribution in [-0.2, 0) is 6.18 Å². The molecule has 0 saturated heterocycles. The minimum absolute atomic E-state index is 0.0538. The van der Waals surface area contributed by atoms with Gasteiger partial charge in [0.1, 0.15) is 5.82 Å². The van der Waals surface area contributed by atoms with Gasteiger partial charge in [-0.3, -0.25) is 0 Å². The van der Waals surface area contributed by atoms with Crippen LogP contribution in [0.3, 0.4) is 0 Å². The molecular formula is C15H12BrF4N. The highest BCUT2D eigenvalue weighted by Crippen LogP contribution is 2.37. The molecule has 2 N–H and O–H groups in total. The van der Waals surface area contributed by atoms with Gasteiger partial charge < -0.3 is 5.73 Å². The number of alkyl halides is 3. The van der Waals surface area contributed by atoms with Crippen LogP contribution in [0.5, 0.6) is 0 Å². The monoisotopic (exact) mass is 361 g/mol. The summed E-state index contributed by atoms with van der Waals surface area (Å²) >= 11 is 2.88. The van der Waals surface area contributed by atoms with Crippen molar-refractivity contribution in [3.05, 3.63) is 68.9 Å². The van der Waals surface area contributed by atoms with Crippen LogP contribution in [0, 0.1) is 12.7 Å². The van der Waals surface area contributed by atoms with Crippen LogP contribution >= 0.6 is 15.9 Å². The van der Waals surface area contributed by atoms with Gasteiger partial charge in [-0.05, 0) is 47.9 Å². The fourth-order valence-corrected chi connectivity index (χ4v) is 2.55. The number of hydrogen-bond donors (Lipinski definition) is 1. The smallest absolute Gasteiger partial charge is 0.320 e. The highest BCUT2D eigenvalue weighted by molar-refractivity contribution is 9.10. The predicted octanol–water partition coefficient (Wildman–Crippen LogP) is 4.96. The average molecular weight is 362 g/mol. The first-order valence-corrected chi connectivity index (χ1v) is 6.87. The Morgan fingerprint density at radius 2 is 1.76 bits per heavy atom. The normalized spacial score (nSPS) is 13.3. The first-order valence-electron chi connectivity index (χ1n) is 6.08. The van der Waals surface area contributed by atoms with E-state index in [4.69, 9.17) is 5.73 Å². The Kier molecular flexibility index (Phi) is 4.39. The number of nitrogens with two attached hydrogens (primary N) is 1. The first-order chi connectivity index (χ1) is 9.70. The van der Waals surface area contributed by atoms with E-state index in [-0.39, 0.29) is 10.0 Å². The lowest BCUT2D eigenvalue weighted by atomic mass is 9.94. The Morgan fingerprint density at radius 3 is 2.38 bits per heavy atom. The third-order valence-electron chi connectivity index (χ3n) is 3.23. The second-order valence-electron chi connectivity index (χ2n) is 4.72. The molecule has 112 valence electrons. The standard InChI is InChI=1S/C15H12BrF4N/c1-8-2-4-10(17)7-11(8)14(21)9-3-5-13(16)12(6-9)15(18,19)20/h2-7,14H,21H2,1H3. The van der Waals surface area contributed by atoms with E-state index in [0.29, 0.717) is 5.56 Å². The number of rotatable bonds is 2. The van der Waals surface area contributed by atoms with Gasteiger partial charge in [0, 0.05) is 4.47 Å². The van der Waals surface area contributed by atoms with Gasteiger partial charge in [-0.1, -0.05) is 28.1 Å². The van der Waals surface area contributed by atoms with Crippen molar-refractivity contribution < 1.29 is 17.6 Å². The Balaban J connectivity index is 2.49. The Labute approximate surface area is 127 Å². The van der Waals surface area contributed by atoms with Gasteiger partial charge in [0.15, 0.2) is 0 Å². The van der Waals surface area contributed by atoms with Crippen LogP contribution in [0.4, 0.5) is 17.6 Å². The largest absolute Gasteiger partial charge is 0.417 e. The van der Waals surface area contributed by atoms with Crippen LogP contribution in [0.2, 0.25) is 0 Å². The van der Waals surface area contributed by atoms with E-state index >= 15 is 0 Å². The lowest BCUT2D eigenvalue weighted by Gasteiger charge is -2.18. The molecule has 0 amide bonds. The van der Waals surface area contributed by atoms with Crippen molar-refractivity contribution in [1.82, 2.24) is 0 Å². The van der Waals surface area contributed by atoms with Gasteiger partial charge in [0.05, 0.1) is 11.6 Å². The van der Waals surface area contributed by atoms with Crippen LogP contribution in [0.1, 0.15) is 28.3 Å². The molecule has 1 atom stereocenters. The van der Waals surface area contributed by atoms with Crippen molar-refractivity contribution in [2.24, 2.45) is 5.73 Å². The first kappa shape index (κ1) is 16.0. The van der Waals surface area contributed by atoms with Crippen LogP contribution in [0.25, 0.3) is 0 Å². The van der Waals surface area contributed by atoms with Crippen molar-refractivity contribution in [2.45, 2.75) is 19.1 Å². The van der Waals surface area contributed by atoms with Gasteiger partial charge in [-0.25, -0.2) is 4.39 Å². The zero-order chi connectivity index (χ0) is 15.8. The quantitative estimate of drug-likeness (QED) is 0.751. The van der Waals surface area contributed by atoms with E-state index in [1.807, 2.05) is 0 Å². The molecule has 2 aromatic rings. The third kappa shape index (κ3) is 3.44. The van der Waals surface area contributed by atoms with Crippen molar-refractivity contribution in [3.63, 3.8) is 0 Å². The zero-order valence-corrected chi connectivity index (χ0v) is 12.6. The van der Waals surface area contributed by atoms with E-state index < -0.39 is 23.6 Å². The Hall–Kier alpha value is -1.40. The second-order valence-corrected chi connectivity index (χ2v) is 5.57. The van der Waals surface area contributed by atoms with E-state index in [1.165, 1.54) is 24.3 Å². The topological polar surface area (TPSA) is 26.0 Å². The maximum atomic E-state index is 13.3. The summed E-state index contributed by atoms with van der Waals surface area (Å²) in [5, 5.41) is 0. The van der Waals surface area contributed by atoms with Gasteiger partial charge in [0.25, 0.3) is 0 Å². The maximum absolute atomic E-state index is 13.3. The second kappa shape index (κ2) is 5.77. The molecule has 0 aliphatic heterocycles. The highest BCUT2D eigenvalue weighted by atomic mass is 79.9. The van der Waals surface area contributed by atoms with Crippen molar-refractivity contribution in [3.8, 4) is 0 Å². The molecule has 1 nitrogen and oxygen atoms in total. The fraction of sp³-hybridized carbons (Fsp3) is 0.200. The lowest BCUT2D eigenvalue weighted by molar-refractivity contribution is -0.138. The number of halogens is 5. The zero-order valence-electron chi connectivity index (χ0n) is 11.0. The van der Waals surface area contributed by atoms with Crippen LogP contribution in [-0.4, -0.2) is 0 Å². The SMILES string of the molecule is Cc1ccc(F)cc1C(N)c1ccc(Br)c(C(F)(F)F)c1. The lowest BCUT2D eigenvalue weighted by Crippen LogP contribution is -2.15.